The van der Waals surface area contributed by atoms with E-state index >= 15 is 0 Å². The van der Waals surface area contributed by atoms with E-state index in [9.17, 15) is 9.18 Å². The molecule has 18 heavy (non-hydrogen) atoms. The average molecular weight is 250 g/mol. The van der Waals surface area contributed by atoms with Crippen molar-refractivity contribution in [1.29, 1.82) is 0 Å². The van der Waals surface area contributed by atoms with Gasteiger partial charge < -0.3 is 10.6 Å². The number of carbonyl (C=O) groups is 1. The van der Waals surface area contributed by atoms with Crippen molar-refractivity contribution in [2.24, 2.45) is 11.8 Å². The summed E-state index contributed by atoms with van der Waals surface area (Å²) in [5.41, 5.74) is 1.92. The van der Waals surface area contributed by atoms with Crippen LogP contribution in [0.1, 0.15) is 25.8 Å². The van der Waals surface area contributed by atoms with Crippen molar-refractivity contribution in [2.75, 3.05) is 17.2 Å². The molecule has 0 aromatic heterocycles. The van der Waals surface area contributed by atoms with Crippen molar-refractivity contribution < 1.29 is 9.18 Å². The van der Waals surface area contributed by atoms with Crippen LogP contribution in [-0.2, 0) is 4.79 Å². The lowest BCUT2D eigenvalue weighted by Gasteiger charge is -2.15. The van der Waals surface area contributed by atoms with E-state index in [1.807, 2.05) is 0 Å². The highest BCUT2D eigenvalue weighted by atomic mass is 19.1. The summed E-state index contributed by atoms with van der Waals surface area (Å²) in [5, 5.41) is 6.03. The minimum atomic E-state index is -0.293. The Labute approximate surface area is 107 Å². The Bertz CT molecular complexity index is 471. The van der Waals surface area contributed by atoms with Gasteiger partial charge in [0, 0.05) is 6.54 Å². The van der Waals surface area contributed by atoms with Crippen molar-refractivity contribution in [3.63, 3.8) is 0 Å². The number of halogens is 1. The van der Waals surface area contributed by atoms with E-state index in [1.165, 1.54) is 6.07 Å². The van der Waals surface area contributed by atoms with Crippen LogP contribution in [-0.4, -0.2) is 12.5 Å². The van der Waals surface area contributed by atoms with Gasteiger partial charge in [-0.15, -0.1) is 0 Å². The third kappa shape index (κ3) is 2.63. The van der Waals surface area contributed by atoms with Crippen molar-refractivity contribution in [3.8, 4) is 0 Å². The maximum Gasteiger partial charge on any atom is 0.229 e. The first-order chi connectivity index (χ1) is 8.47. The molecule has 1 aliphatic rings. The zero-order chi connectivity index (χ0) is 13.3. The number of rotatable bonds is 2. The second kappa shape index (κ2) is 4.96. The van der Waals surface area contributed by atoms with Crippen LogP contribution in [0.3, 0.4) is 0 Å². The van der Waals surface area contributed by atoms with Crippen molar-refractivity contribution in [2.45, 2.75) is 27.2 Å². The zero-order valence-electron chi connectivity index (χ0n) is 11.0. The maximum absolute atomic E-state index is 13.5. The number of nitrogens with one attached hydrogen (secondary N) is 2. The molecular formula is C14H19FN2O. The van der Waals surface area contributed by atoms with Gasteiger partial charge in [0.05, 0.1) is 17.3 Å². The van der Waals surface area contributed by atoms with E-state index in [0.717, 1.165) is 12.1 Å². The number of fused-ring (bicyclic) bond motifs is 1. The lowest BCUT2D eigenvalue weighted by Crippen LogP contribution is -2.27. The quantitative estimate of drug-likeness (QED) is 0.846. The first-order valence-electron chi connectivity index (χ1n) is 6.32. The smallest absolute Gasteiger partial charge is 0.229 e. The van der Waals surface area contributed by atoms with Gasteiger partial charge in [-0.05, 0) is 37.0 Å². The molecule has 2 rings (SSSR count). The van der Waals surface area contributed by atoms with Gasteiger partial charge in [0.15, 0.2) is 0 Å². The summed E-state index contributed by atoms with van der Waals surface area (Å²) in [6.45, 7) is 6.50. The molecule has 1 amide bonds. The van der Waals surface area contributed by atoms with E-state index in [4.69, 9.17) is 0 Å². The number of benzene rings is 1. The highest BCUT2D eigenvalue weighted by Gasteiger charge is 2.24. The van der Waals surface area contributed by atoms with Crippen LogP contribution in [0.25, 0.3) is 0 Å². The molecule has 0 saturated carbocycles. The minimum Gasteiger partial charge on any atom is -0.383 e. The lowest BCUT2D eigenvalue weighted by atomic mass is 9.96. The Morgan fingerprint density at radius 2 is 2.11 bits per heavy atom. The Balaban J connectivity index is 2.24. The Hall–Kier alpha value is -1.58. The third-order valence-corrected chi connectivity index (χ3v) is 3.22. The number of anilines is 2. The van der Waals surface area contributed by atoms with Gasteiger partial charge in [0.25, 0.3) is 0 Å². The van der Waals surface area contributed by atoms with E-state index in [0.29, 0.717) is 23.7 Å². The molecule has 3 nitrogen and oxygen atoms in total. The van der Waals surface area contributed by atoms with Crippen LogP contribution in [0.5, 0.6) is 0 Å². The zero-order valence-corrected chi connectivity index (χ0v) is 11.0. The van der Waals surface area contributed by atoms with Gasteiger partial charge in [-0.2, -0.15) is 0 Å². The molecule has 1 aliphatic heterocycles. The summed E-state index contributed by atoms with van der Waals surface area (Å²) < 4.78 is 13.5. The molecule has 0 saturated heterocycles. The molecule has 1 atom stereocenters. The first-order valence-corrected chi connectivity index (χ1v) is 6.32. The normalized spacial score (nSPS) is 18.9. The summed E-state index contributed by atoms with van der Waals surface area (Å²) in [5.74, 6) is 0.0689. The minimum absolute atomic E-state index is 0.0294. The van der Waals surface area contributed by atoms with Crippen LogP contribution >= 0.6 is 0 Å². The highest BCUT2D eigenvalue weighted by molar-refractivity contribution is 5.97. The number of hydrogen-bond donors (Lipinski definition) is 2. The number of aryl methyl sites for hydroxylation is 1. The second-order valence-corrected chi connectivity index (χ2v) is 5.34. The molecule has 1 aromatic carbocycles. The molecule has 1 aromatic rings. The van der Waals surface area contributed by atoms with E-state index in [2.05, 4.69) is 24.5 Å². The number of amides is 1. The molecule has 1 heterocycles. The first kappa shape index (κ1) is 12.9. The predicted molar refractivity (Wildman–Crippen MR) is 71.2 cm³/mol. The van der Waals surface area contributed by atoms with Crippen molar-refractivity contribution in [3.05, 3.63) is 23.5 Å². The third-order valence-electron chi connectivity index (χ3n) is 3.22. The molecule has 2 N–H and O–H groups in total. The van der Waals surface area contributed by atoms with Crippen LogP contribution in [0.2, 0.25) is 0 Å². The summed E-state index contributed by atoms with van der Waals surface area (Å²) in [4.78, 5) is 12.0. The largest absolute Gasteiger partial charge is 0.383 e. The summed E-state index contributed by atoms with van der Waals surface area (Å²) in [6.07, 6.45) is 0.828. The Kier molecular flexibility index (Phi) is 3.55. The number of hydrogen-bond acceptors (Lipinski definition) is 2. The Morgan fingerprint density at radius 3 is 2.78 bits per heavy atom. The molecule has 0 fully saturated rings. The van der Waals surface area contributed by atoms with Crippen molar-refractivity contribution in [1.82, 2.24) is 0 Å². The fourth-order valence-corrected chi connectivity index (χ4v) is 2.25. The molecule has 4 heteroatoms. The maximum atomic E-state index is 13.5. The predicted octanol–water partition coefficient (Wildman–Crippen LogP) is 3.16. The van der Waals surface area contributed by atoms with Crippen LogP contribution < -0.4 is 10.6 Å². The van der Waals surface area contributed by atoms with E-state index in [1.54, 1.807) is 13.0 Å². The monoisotopic (exact) mass is 250 g/mol. The Morgan fingerprint density at radius 1 is 1.39 bits per heavy atom. The van der Waals surface area contributed by atoms with Crippen LogP contribution in [0.15, 0.2) is 12.1 Å². The molecule has 0 radical (unpaired) electrons. The topological polar surface area (TPSA) is 41.1 Å². The second-order valence-electron chi connectivity index (χ2n) is 5.34. The van der Waals surface area contributed by atoms with Gasteiger partial charge in [0.2, 0.25) is 5.91 Å². The fraction of sp³-hybridized carbons (Fsp3) is 0.500. The standard InChI is InChI=1S/C14H19FN2O/c1-8(2)4-10-7-16-12-5-9(3)11(15)6-13(12)17-14(10)18/h5-6,8,10,16H,4,7H2,1-3H3,(H,17,18). The van der Waals surface area contributed by atoms with Crippen LogP contribution in [0, 0.1) is 24.6 Å². The highest BCUT2D eigenvalue weighted by Crippen LogP contribution is 2.29. The van der Waals surface area contributed by atoms with Gasteiger partial charge >= 0.3 is 0 Å². The molecule has 98 valence electrons. The van der Waals surface area contributed by atoms with E-state index in [-0.39, 0.29) is 17.6 Å². The fourth-order valence-electron chi connectivity index (χ4n) is 2.25. The molecule has 0 aliphatic carbocycles. The SMILES string of the molecule is Cc1cc2c(cc1F)NC(=O)C(CC(C)C)CN2. The van der Waals surface area contributed by atoms with Gasteiger partial charge in [-0.25, -0.2) is 4.39 Å². The average Bonchev–Trinajstić information content (AvgIpc) is 2.41. The van der Waals surface area contributed by atoms with Gasteiger partial charge in [-0.3, -0.25) is 4.79 Å². The molecular weight excluding hydrogens is 231 g/mol. The van der Waals surface area contributed by atoms with E-state index < -0.39 is 0 Å². The summed E-state index contributed by atoms with van der Waals surface area (Å²) >= 11 is 0. The lowest BCUT2D eigenvalue weighted by molar-refractivity contribution is -0.119. The van der Waals surface area contributed by atoms with Gasteiger partial charge in [0.1, 0.15) is 5.82 Å². The molecule has 0 bridgehead atoms. The summed E-state index contributed by atoms with van der Waals surface area (Å²) in [6, 6.07) is 3.12. The molecule has 1 unspecified atom stereocenters. The molecule has 0 spiro atoms. The van der Waals surface area contributed by atoms with Gasteiger partial charge in [-0.1, -0.05) is 13.8 Å². The van der Waals surface area contributed by atoms with Crippen molar-refractivity contribution >= 4 is 17.3 Å². The number of carbonyl (C=O) groups excluding carboxylic acids is 1. The summed E-state index contributed by atoms with van der Waals surface area (Å²) in [7, 11) is 0. The van der Waals surface area contributed by atoms with Crippen LogP contribution in [0.4, 0.5) is 15.8 Å².